The minimum Gasteiger partial charge on any atom is -0.0605 e. The van der Waals surface area contributed by atoms with Gasteiger partial charge in [0.05, 0.1) is 0 Å². The van der Waals surface area contributed by atoms with Crippen molar-refractivity contribution in [3.8, 4) is 0 Å². The van der Waals surface area contributed by atoms with Gasteiger partial charge in [-0.1, -0.05) is 118 Å². The second-order valence-corrected chi connectivity index (χ2v) is 12.9. The molecule has 2 aliphatic carbocycles. The minimum absolute atomic E-state index is 0.212. The third-order valence-corrected chi connectivity index (χ3v) is 6.18. The summed E-state index contributed by atoms with van der Waals surface area (Å²) in [5.74, 6) is 0. The maximum atomic E-state index is 2.53. The van der Waals surface area contributed by atoms with Crippen molar-refractivity contribution in [2.75, 3.05) is 0 Å². The van der Waals surface area contributed by atoms with Crippen LogP contribution >= 0.6 is 0 Å². The van der Waals surface area contributed by atoms with Crippen LogP contribution in [0, 0.1) is 21.7 Å². The van der Waals surface area contributed by atoms with E-state index < -0.39 is 0 Å². The van der Waals surface area contributed by atoms with Crippen LogP contribution in [-0.2, 0) is 0 Å². The van der Waals surface area contributed by atoms with Crippen LogP contribution in [0.1, 0.15) is 102 Å². The number of rotatable bonds is 2. The Labute approximate surface area is 169 Å². The van der Waals surface area contributed by atoms with Crippen molar-refractivity contribution >= 4 is 0 Å². The first-order chi connectivity index (χ1) is 11.9. The SMILES string of the molecule is CC(C)(C)C1=CC(C(C)(C)C)=C(CC2=C(C(C)(C)C)C=C(C(C)(C)C)C2)C1. The van der Waals surface area contributed by atoms with Crippen molar-refractivity contribution in [3.05, 3.63) is 45.6 Å². The van der Waals surface area contributed by atoms with Gasteiger partial charge in [0.2, 0.25) is 0 Å². The summed E-state index contributed by atoms with van der Waals surface area (Å²) in [6.07, 6.45) is 8.51. The van der Waals surface area contributed by atoms with Gasteiger partial charge in [0, 0.05) is 0 Å². The van der Waals surface area contributed by atoms with Gasteiger partial charge in [0.1, 0.15) is 0 Å². The van der Waals surface area contributed by atoms with Crippen LogP contribution in [-0.4, -0.2) is 0 Å². The smallest absolute Gasteiger partial charge is 0.00899 e. The van der Waals surface area contributed by atoms with Gasteiger partial charge in [-0.15, -0.1) is 0 Å². The quantitative estimate of drug-likeness (QED) is 0.456. The van der Waals surface area contributed by atoms with Crippen molar-refractivity contribution in [2.24, 2.45) is 21.7 Å². The molecule has 0 amide bonds. The summed E-state index contributed by atoms with van der Waals surface area (Å²) in [5, 5.41) is 0. The molecule has 0 bridgehead atoms. The largest absolute Gasteiger partial charge is 0.0605 e. The highest BCUT2D eigenvalue weighted by Gasteiger charge is 2.34. The van der Waals surface area contributed by atoms with Gasteiger partial charge >= 0.3 is 0 Å². The van der Waals surface area contributed by atoms with Crippen LogP contribution in [0.4, 0.5) is 0 Å². The molecule has 0 radical (unpaired) electrons. The Balaban J connectivity index is 2.42. The second kappa shape index (κ2) is 6.78. The van der Waals surface area contributed by atoms with Crippen LogP contribution in [0.15, 0.2) is 45.6 Å². The highest BCUT2D eigenvalue weighted by Crippen LogP contribution is 2.49. The average molecular weight is 369 g/mol. The van der Waals surface area contributed by atoms with Crippen molar-refractivity contribution in [2.45, 2.75) is 102 Å². The van der Waals surface area contributed by atoms with Gasteiger partial charge in [-0.05, 0) is 52.1 Å². The molecule has 0 spiro atoms. The zero-order chi connectivity index (χ0) is 21.0. The van der Waals surface area contributed by atoms with E-state index in [2.05, 4.69) is 95.2 Å². The van der Waals surface area contributed by atoms with E-state index >= 15 is 0 Å². The molecule has 27 heavy (non-hydrogen) atoms. The Morgan fingerprint density at radius 1 is 0.519 bits per heavy atom. The molecule has 0 heteroatoms. The summed E-state index contributed by atoms with van der Waals surface area (Å²) in [5.41, 5.74) is 10.6. The molecular weight excluding hydrogens is 324 g/mol. The Morgan fingerprint density at radius 3 is 1.04 bits per heavy atom. The molecule has 0 heterocycles. The lowest BCUT2D eigenvalue weighted by Gasteiger charge is -2.25. The van der Waals surface area contributed by atoms with E-state index in [1.807, 2.05) is 0 Å². The van der Waals surface area contributed by atoms with Crippen molar-refractivity contribution in [1.29, 1.82) is 0 Å². The van der Waals surface area contributed by atoms with Crippen LogP contribution in [0.25, 0.3) is 0 Å². The van der Waals surface area contributed by atoms with E-state index in [1.54, 1.807) is 33.4 Å². The summed E-state index contributed by atoms with van der Waals surface area (Å²) in [6, 6.07) is 0. The highest BCUT2D eigenvalue weighted by atomic mass is 14.4. The fourth-order valence-corrected chi connectivity index (χ4v) is 4.33. The summed E-state index contributed by atoms with van der Waals surface area (Å²) < 4.78 is 0. The molecule has 152 valence electrons. The van der Waals surface area contributed by atoms with Crippen LogP contribution in [0.5, 0.6) is 0 Å². The first-order valence-corrected chi connectivity index (χ1v) is 10.8. The van der Waals surface area contributed by atoms with E-state index in [0.29, 0.717) is 0 Å². The Hall–Kier alpha value is -1.04. The molecule has 0 nitrogen and oxygen atoms in total. The minimum atomic E-state index is 0.212. The topological polar surface area (TPSA) is 0 Å². The molecular formula is C27H44. The van der Waals surface area contributed by atoms with Crippen molar-refractivity contribution in [3.63, 3.8) is 0 Å². The first-order valence-electron chi connectivity index (χ1n) is 10.8. The number of hydrogen-bond donors (Lipinski definition) is 0. The van der Waals surface area contributed by atoms with E-state index in [9.17, 15) is 0 Å². The third kappa shape index (κ3) is 5.07. The van der Waals surface area contributed by atoms with E-state index in [1.165, 1.54) is 0 Å². The highest BCUT2D eigenvalue weighted by molar-refractivity contribution is 5.50. The molecule has 2 rings (SSSR count). The summed E-state index contributed by atoms with van der Waals surface area (Å²) in [6.45, 7) is 28.4. The fraction of sp³-hybridized carbons (Fsp3) is 0.704. The normalized spacial score (nSPS) is 19.9. The lowest BCUT2D eigenvalue weighted by molar-refractivity contribution is 0.491. The molecule has 0 aromatic heterocycles. The van der Waals surface area contributed by atoms with E-state index in [-0.39, 0.29) is 21.7 Å². The molecule has 0 fully saturated rings. The van der Waals surface area contributed by atoms with E-state index in [0.717, 1.165) is 19.3 Å². The standard InChI is InChI=1S/C27H44/c1-24(2,3)20-14-18(22(16-20)26(7,8)9)13-19-15-21(25(4,5)6)17-23(19)27(10,11)12/h16-17H,13-15H2,1-12H3. The molecule has 0 saturated heterocycles. The Morgan fingerprint density at radius 2 is 0.815 bits per heavy atom. The molecule has 0 unspecified atom stereocenters. The lowest BCUT2D eigenvalue weighted by atomic mass is 9.80. The van der Waals surface area contributed by atoms with Gasteiger partial charge in [-0.2, -0.15) is 0 Å². The zero-order valence-electron chi connectivity index (χ0n) is 20.3. The molecule has 2 aliphatic rings. The monoisotopic (exact) mass is 368 g/mol. The van der Waals surface area contributed by atoms with Crippen molar-refractivity contribution in [1.82, 2.24) is 0 Å². The molecule has 0 N–H and O–H groups in total. The molecule has 0 aromatic rings. The second-order valence-electron chi connectivity index (χ2n) is 12.9. The summed E-state index contributed by atoms with van der Waals surface area (Å²) >= 11 is 0. The number of hydrogen-bond acceptors (Lipinski definition) is 0. The molecule has 0 atom stereocenters. The van der Waals surface area contributed by atoms with Crippen LogP contribution in [0.2, 0.25) is 0 Å². The molecule has 0 aromatic carbocycles. The maximum absolute atomic E-state index is 2.53. The fourth-order valence-electron chi connectivity index (χ4n) is 4.33. The molecule has 0 saturated carbocycles. The van der Waals surface area contributed by atoms with Gasteiger partial charge in [0.25, 0.3) is 0 Å². The third-order valence-electron chi connectivity index (χ3n) is 6.18. The summed E-state index contributed by atoms with van der Waals surface area (Å²) in [7, 11) is 0. The predicted molar refractivity (Wildman–Crippen MR) is 122 cm³/mol. The Kier molecular flexibility index (Phi) is 5.59. The lowest BCUT2D eigenvalue weighted by Crippen LogP contribution is -2.11. The van der Waals surface area contributed by atoms with Crippen molar-refractivity contribution < 1.29 is 0 Å². The van der Waals surface area contributed by atoms with Gasteiger partial charge in [-0.3, -0.25) is 0 Å². The zero-order valence-corrected chi connectivity index (χ0v) is 20.3. The summed E-state index contributed by atoms with van der Waals surface area (Å²) in [4.78, 5) is 0. The van der Waals surface area contributed by atoms with Crippen LogP contribution < -0.4 is 0 Å². The van der Waals surface area contributed by atoms with Crippen LogP contribution in [0.3, 0.4) is 0 Å². The average Bonchev–Trinajstić information content (AvgIpc) is 3.00. The Bertz CT molecular complexity index is 653. The molecule has 0 aliphatic heterocycles. The van der Waals surface area contributed by atoms with E-state index in [4.69, 9.17) is 0 Å². The van der Waals surface area contributed by atoms with Gasteiger partial charge in [-0.25, -0.2) is 0 Å². The first kappa shape index (κ1) is 22.3. The maximum Gasteiger partial charge on any atom is -0.00899 e. The van der Waals surface area contributed by atoms with Gasteiger partial charge in [0.15, 0.2) is 0 Å². The predicted octanol–water partition coefficient (Wildman–Crippen LogP) is 8.81. The number of allylic oxidation sites excluding steroid dienone is 8. The van der Waals surface area contributed by atoms with Gasteiger partial charge < -0.3 is 0 Å².